The van der Waals surface area contributed by atoms with Crippen LogP contribution in [0.5, 0.6) is 0 Å². The van der Waals surface area contributed by atoms with Gasteiger partial charge in [0, 0.05) is 52.4 Å². The quantitative estimate of drug-likeness (QED) is 0.634. The maximum Gasteiger partial charge on any atom is 0.239 e. The van der Waals surface area contributed by atoms with Gasteiger partial charge in [0.15, 0.2) is 0 Å². The van der Waals surface area contributed by atoms with Crippen molar-refractivity contribution in [1.82, 2.24) is 20.0 Å². The molecule has 2 aliphatic rings. The number of amides is 2. The van der Waals surface area contributed by atoms with Crippen LogP contribution in [0.25, 0.3) is 0 Å². The molecule has 2 rings (SSSR count). The van der Waals surface area contributed by atoms with Crippen LogP contribution < -0.4 is 5.32 Å². The van der Waals surface area contributed by atoms with Crippen LogP contribution in [0.3, 0.4) is 0 Å². The van der Waals surface area contributed by atoms with Gasteiger partial charge in [-0.15, -0.1) is 0 Å². The topological polar surface area (TPSA) is 65.1 Å². The fourth-order valence-electron chi connectivity index (χ4n) is 3.97. The van der Waals surface area contributed by atoms with E-state index in [1.165, 1.54) is 6.42 Å². The molecule has 7 heteroatoms. The molecule has 2 heterocycles. The van der Waals surface area contributed by atoms with Gasteiger partial charge in [-0.2, -0.15) is 0 Å². The van der Waals surface area contributed by atoms with E-state index in [0.29, 0.717) is 25.7 Å². The number of ether oxygens (including phenoxy) is 1. The van der Waals surface area contributed by atoms with Crippen LogP contribution in [-0.4, -0.2) is 98.1 Å². The first-order chi connectivity index (χ1) is 12.6. The molecule has 150 valence electrons. The van der Waals surface area contributed by atoms with Crippen LogP contribution in [-0.2, 0) is 14.3 Å². The lowest BCUT2D eigenvalue weighted by Gasteiger charge is -2.42. The van der Waals surface area contributed by atoms with E-state index < -0.39 is 0 Å². The van der Waals surface area contributed by atoms with Crippen molar-refractivity contribution in [2.24, 2.45) is 0 Å². The maximum absolute atomic E-state index is 13.0. The Hall–Kier alpha value is -1.18. The fraction of sp³-hybridized carbons (Fsp3) is 0.895. The van der Waals surface area contributed by atoms with Crippen molar-refractivity contribution in [3.8, 4) is 0 Å². The zero-order valence-corrected chi connectivity index (χ0v) is 16.7. The molecule has 26 heavy (non-hydrogen) atoms. The summed E-state index contributed by atoms with van der Waals surface area (Å²) in [5, 5.41) is 2.86. The van der Waals surface area contributed by atoms with Crippen molar-refractivity contribution in [3.63, 3.8) is 0 Å². The van der Waals surface area contributed by atoms with Gasteiger partial charge >= 0.3 is 0 Å². The Morgan fingerprint density at radius 2 is 1.88 bits per heavy atom. The number of nitrogens with zero attached hydrogens (tertiary/aromatic N) is 3. The summed E-state index contributed by atoms with van der Waals surface area (Å²) >= 11 is 0. The van der Waals surface area contributed by atoms with Gasteiger partial charge in [-0.05, 0) is 32.6 Å². The second-order valence-corrected chi connectivity index (χ2v) is 7.42. The summed E-state index contributed by atoms with van der Waals surface area (Å²) in [6.07, 6.45) is 4.55. The third kappa shape index (κ3) is 5.93. The number of nitrogens with one attached hydrogen (secondary N) is 1. The molecular formula is C19H36N4O3. The SMILES string of the molecule is CCC1CCCCN1C(=O)C(C)N1CCN(CC(=O)NCCOC)CC1. The van der Waals surface area contributed by atoms with Crippen LogP contribution in [0, 0.1) is 0 Å². The second kappa shape index (κ2) is 10.8. The minimum absolute atomic E-state index is 0.0405. The van der Waals surface area contributed by atoms with Gasteiger partial charge in [0.25, 0.3) is 0 Å². The minimum atomic E-state index is -0.0696. The van der Waals surface area contributed by atoms with Crippen LogP contribution >= 0.6 is 0 Å². The first-order valence-electron chi connectivity index (χ1n) is 10.1. The lowest BCUT2D eigenvalue weighted by Crippen LogP contribution is -2.57. The highest BCUT2D eigenvalue weighted by atomic mass is 16.5. The number of rotatable bonds is 8. The molecule has 0 spiro atoms. The van der Waals surface area contributed by atoms with Crippen molar-refractivity contribution in [2.75, 3.05) is 59.5 Å². The average molecular weight is 369 g/mol. The molecular weight excluding hydrogens is 332 g/mol. The van der Waals surface area contributed by atoms with Gasteiger partial charge in [0.2, 0.25) is 11.8 Å². The van der Waals surface area contributed by atoms with Gasteiger partial charge in [-0.3, -0.25) is 19.4 Å². The number of likely N-dealkylation sites (tertiary alicyclic amines) is 1. The lowest BCUT2D eigenvalue weighted by atomic mass is 9.99. The van der Waals surface area contributed by atoms with Crippen LogP contribution in [0.1, 0.15) is 39.5 Å². The van der Waals surface area contributed by atoms with Gasteiger partial charge in [0.05, 0.1) is 19.2 Å². The Kier molecular flexibility index (Phi) is 8.81. The smallest absolute Gasteiger partial charge is 0.239 e. The molecule has 0 aliphatic carbocycles. The highest BCUT2D eigenvalue weighted by Gasteiger charge is 2.32. The van der Waals surface area contributed by atoms with E-state index in [1.807, 2.05) is 6.92 Å². The van der Waals surface area contributed by atoms with E-state index in [1.54, 1.807) is 7.11 Å². The van der Waals surface area contributed by atoms with E-state index >= 15 is 0 Å². The molecule has 0 bridgehead atoms. The Balaban J connectivity index is 1.76. The summed E-state index contributed by atoms with van der Waals surface area (Å²) in [4.78, 5) is 31.4. The molecule has 7 nitrogen and oxygen atoms in total. The zero-order chi connectivity index (χ0) is 18.9. The van der Waals surface area contributed by atoms with E-state index in [-0.39, 0.29) is 17.9 Å². The number of piperidine rings is 1. The van der Waals surface area contributed by atoms with E-state index in [4.69, 9.17) is 4.74 Å². The molecule has 2 amide bonds. The third-order valence-corrected chi connectivity index (χ3v) is 5.69. The van der Waals surface area contributed by atoms with E-state index in [2.05, 4.69) is 26.9 Å². The van der Waals surface area contributed by atoms with Crippen LogP contribution in [0.4, 0.5) is 0 Å². The van der Waals surface area contributed by atoms with Crippen molar-refractivity contribution in [2.45, 2.75) is 51.6 Å². The normalized spacial score (nSPS) is 23.7. The summed E-state index contributed by atoms with van der Waals surface area (Å²) in [7, 11) is 1.63. The Morgan fingerprint density at radius 3 is 2.54 bits per heavy atom. The number of carbonyl (C=O) groups is 2. The number of methoxy groups -OCH3 is 1. The third-order valence-electron chi connectivity index (χ3n) is 5.69. The predicted octanol–water partition coefficient (Wildman–Crippen LogP) is 0.546. The van der Waals surface area contributed by atoms with Crippen molar-refractivity contribution in [3.05, 3.63) is 0 Å². The largest absolute Gasteiger partial charge is 0.383 e. The highest BCUT2D eigenvalue weighted by Crippen LogP contribution is 2.21. The predicted molar refractivity (Wildman–Crippen MR) is 102 cm³/mol. The molecule has 0 aromatic heterocycles. The number of hydrogen-bond donors (Lipinski definition) is 1. The molecule has 0 aromatic rings. The summed E-state index contributed by atoms with van der Waals surface area (Å²) in [5.74, 6) is 0.320. The lowest BCUT2D eigenvalue weighted by molar-refractivity contribution is -0.141. The molecule has 2 aliphatic heterocycles. The van der Waals surface area contributed by atoms with Crippen LogP contribution in [0.15, 0.2) is 0 Å². The summed E-state index contributed by atoms with van der Waals surface area (Å²) in [5.41, 5.74) is 0. The molecule has 2 saturated heterocycles. The Morgan fingerprint density at radius 1 is 1.15 bits per heavy atom. The standard InChI is InChI=1S/C19H36N4O3/c1-4-17-7-5-6-9-23(17)19(25)16(2)22-12-10-21(11-13-22)15-18(24)20-8-14-26-3/h16-17H,4-15H2,1-3H3,(H,20,24). The first-order valence-corrected chi connectivity index (χ1v) is 10.1. The van der Waals surface area contributed by atoms with Gasteiger partial charge in [-0.25, -0.2) is 0 Å². The van der Waals surface area contributed by atoms with Gasteiger partial charge in [0.1, 0.15) is 0 Å². The molecule has 0 aromatic carbocycles. The molecule has 2 fully saturated rings. The van der Waals surface area contributed by atoms with E-state index in [0.717, 1.165) is 52.0 Å². The fourth-order valence-corrected chi connectivity index (χ4v) is 3.97. The summed E-state index contributed by atoms with van der Waals surface area (Å²) in [6.45, 7) is 9.95. The van der Waals surface area contributed by atoms with Gasteiger partial charge in [-0.1, -0.05) is 6.92 Å². The molecule has 2 unspecified atom stereocenters. The van der Waals surface area contributed by atoms with Gasteiger partial charge < -0.3 is 15.0 Å². The highest BCUT2D eigenvalue weighted by molar-refractivity contribution is 5.82. The minimum Gasteiger partial charge on any atom is -0.383 e. The molecule has 1 N–H and O–H groups in total. The molecule has 2 atom stereocenters. The maximum atomic E-state index is 13.0. The average Bonchev–Trinajstić information content (AvgIpc) is 2.67. The molecule has 0 radical (unpaired) electrons. The monoisotopic (exact) mass is 368 g/mol. The van der Waals surface area contributed by atoms with Crippen molar-refractivity contribution >= 4 is 11.8 Å². The van der Waals surface area contributed by atoms with Crippen molar-refractivity contribution < 1.29 is 14.3 Å². The zero-order valence-electron chi connectivity index (χ0n) is 16.7. The summed E-state index contributed by atoms with van der Waals surface area (Å²) in [6, 6.07) is 0.343. The Labute approximate surface area is 158 Å². The van der Waals surface area contributed by atoms with E-state index in [9.17, 15) is 9.59 Å². The molecule has 0 saturated carbocycles. The first kappa shape index (κ1) is 21.1. The second-order valence-electron chi connectivity index (χ2n) is 7.42. The van der Waals surface area contributed by atoms with Crippen molar-refractivity contribution in [1.29, 1.82) is 0 Å². The van der Waals surface area contributed by atoms with Crippen LogP contribution in [0.2, 0.25) is 0 Å². The number of carbonyl (C=O) groups excluding carboxylic acids is 2. The number of piperazine rings is 1. The summed E-state index contributed by atoms with van der Waals surface area (Å²) < 4.78 is 4.94. The number of hydrogen-bond acceptors (Lipinski definition) is 5. The Bertz CT molecular complexity index is 452.